The summed E-state index contributed by atoms with van der Waals surface area (Å²) >= 11 is 0. The monoisotopic (exact) mass is 313 g/mol. The summed E-state index contributed by atoms with van der Waals surface area (Å²) in [5, 5.41) is 0. The number of hydrazine groups is 1. The molecule has 118 valence electrons. The van der Waals surface area contributed by atoms with Crippen LogP contribution in [0.15, 0.2) is 17.0 Å². The third-order valence-electron chi connectivity index (χ3n) is 3.48. The minimum Gasteiger partial charge on any atom is -0.380 e. The van der Waals surface area contributed by atoms with Crippen LogP contribution in [0.4, 0.5) is 5.69 Å². The predicted octanol–water partition coefficient (Wildman–Crippen LogP) is 1.29. The quantitative estimate of drug-likeness (QED) is 0.382. The maximum Gasteiger partial charge on any atom is 0.241 e. The lowest BCUT2D eigenvalue weighted by Crippen LogP contribution is -2.29. The van der Waals surface area contributed by atoms with E-state index in [2.05, 4.69) is 10.1 Å². The molecule has 0 aliphatic heterocycles. The fraction of sp³-hybridized carbons (Fsp3) is 0.571. The molecule has 4 N–H and O–H groups in total. The van der Waals surface area contributed by atoms with Crippen LogP contribution in [0.1, 0.15) is 24.0 Å². The van der Waals surface area contributed by atoms with Crippen molar-refractivity contribution in [3.8, 4) is 0 Å². The number of nitrogens with two attached hydrogens (primary N) is 1. The van der Waals surface area contributed by atoms with Gasteiger partial charge in [-0.2, -0.15) is 0 Å². The summed E-state index contributed by atoms with van der Waals surface area (Å²) in [6.45, 7) is 4.93. The molecule has 1 aliphatic carbocycles. The minimum absolute atomic E-state index is 0.283. The van der Waals surface area contributed by atoms with Crippen LogP contribution in [-0.2, 0) is 14.8 Å². The molecule has 2 rings (SSSR count). The second kappa shape index (κ2) is 6.74. The first-order valence-electron chi connectivity index (χ1n) is 7.09. The normalized spacial score (nSPS) is 15.2. The molecule has 0 heterocycles. The second-order valence-corrected chi connectivity index (χ2v) is 7.20. The van der Waals surface area contributed by atoms with Gasteiger partial charge in [0.1, 0.15) is 0 Å². The standard InChI is InChI=1S/C14H23N3O3S/c1-10-7-13(17-15)8-11(2)14(10)21(18,19)16-5-6-20-9-12-3-4-12/h7-8,12,16-17H,3-6,9,15H2,1-2H3. The van der Waals surface area contributed by atoms with E-state index in [1.54, 1.807) is 26.0 Å². The molecule has 0 bridgehead atoms. The Morgan fingerprint density at radius 2 is 1.90 bits per heavy atom. The van der Waals surface area contributed by atoms with Crippen molar-refractivity contribution in [2.75, 3.05) is 25.2 Å². The first kappa shape index (κ1) is 16.2. The van der Waals surface area contributed by atoms with Crippen molar-refractivity contribution in [2.24, 2.45) is 11.8 Å². The number of nitrogens with one attached hydrogen (secondary N) is 2. The average Bonchev–Trinajstić information content (AvgIpc) is 3.21. The van der Waals surface area contributed by atoms with E-state index >= 15 is 0 Å². The third kappa shape index (κ3) is 4.41. The smallest absolute Gasteiger partial charge is 0.241 e. The predicted molar refractivity (Wildman–Crippen MR) is 82.5 cm³/mol. The van der Waals surface area contributed by atoms with Crippen LogP contribution in [0.25, 0.3) is 0 Å². The van der Waals surface area contributed by atoms with Crippen LogP contribution < -0.4 is 16.0 Å². The Labute approximate surface area is 126 Å². The van der Waals surface area contributed by atoms with Crippen LogP contribution in [0.5, 0.6) is 0 Å². The number of anilines is 1. The number of aryl methyl sites for hydroxylation is 2. The van der Waals surface area contributed by atoms with E-state index in [0.29, 0.717) is 34.2 Å². The summed E-state index contributed by atoms with van der Waals surface area (Å²) in [4.78, 5) is 0.309. The van der Waals surface area contributed by atoms with Gasteiger partial charge in [-0.3, -0.25) is 5.84 Å². The Bertz CT molecular complexity index is 574. The fourth-order valence-corrected chi connectivity index (χ4v) is 3.77. The van der Waals surface area contributed by atoms with Crippen LogP contribution in [0.2, 0.25) is 0 Å². The third-order valence-corrected chi connectivity index (χ3v) is 5.25. The zero-order chi connectivity index (χ0) is 15.5. The molecule has 7 heteroatoms. The van der Waals surface area contributed by atoms with Gasteiger partial charge in [-0.1, -0.05) is 0 Å². The maximum absolute atomic E-state index is 12.4. The molecule has 0 unspecified atom stereocenters. The van der Waals surface area contributed by atoms with Crippen molar-refractivity contribution < 1.29 is 13.2 Å². The maximum atomic E-state index is 12.4. The molecule has 0 radical (unpaired) electrons. The van der Waals surface area contributed by atoms with E-state index in [0.717, 1.165) is 6.61 Å². The molecular formula is C14H23N3O3S. The molecule has 1 aromatic carbocycles. The lowest BCUT2D eigenvalue weighted by molar-refractivity contribution is 0.129. The van der Waals surface area contributed by atoms with Crippen molar-refractivity contribution in [3.05, 3.63) is 23.3 Å². The highest BCUT2D eigenvalue weighted by Crippen LogP contribution is 2.28. The molecule has 0 atom stereocenters. The van der Waals surface area contributed by atoms with E-state index in [4.69, 9.17) is 10.6 Å². The molecule has 1 aromatic rings. The Balaban J connectivity index is 1.97. The summed E-state index contributed by atoms with van der Waals surface area (Å²) in [7, 11) is -3.53. The summed E-state index contributed by atoms with van der Waals surface area (Å²) < 4.78 is 32.7. The van der Waals surface area contributed by atoms with E-state index < -0.39 is 10.0 Å². The number of hydrogen-bond donors (Lipinski definition) is 3. The van der Waals surface area contributed by atoms with Gasteiger partial charge in [0.25, 0.3) is 0 Å². The molecule has 1 saturated carbocycles. The lowest BCUT2D eigenvalue weighted by atomic mass is 10.1. The molecule has 6 nitrogen and oxygen atoms in total. The molecular weight excluding hydrogens is 290 g/mol. The fourth-order valence-electron chi connectivity index (χ4n) is 2.31. The van der Waals surface area contributed by atoms with Gasteiger partial charge >= 0.3 is 0 Å². The van der Waals surface area contributed by atoms with Crippen molar-refractivity contribution in [3.63, 3.8) is 0 Å². The highest BCUT2D eigenvalue weighted by Gasteiger charge is 2.22. The lowest BCUT2D eigenvalue weighted by Gasteiger charge is -2.14. The van der Waals surface area contributed by atoms with Gasteiger partial charge in [0.05, 0.1) is 11.5 Å². The van der Waals surface area contributed by atoms with Gasteiger partial charge in [-0.15, -0.1) is 0 Å². The summed E-state index contributed by atoms with van der Waals surface area (Å²) in [6.07, 6.45) is 2.46. The van der Waals surface area contributed by atoms with E-state index in [-0.39, 0.29) is 6.54 Å². The number of benzene rings is 1. The van der Waals surface area contributed by atoms with Crippen LogP contribution in [-0.4, -0.2) is 28.2 Å². The highest BCUT2D eigenvalue weighted by molar-refractivity contribution is 7.89. The molecule has 1 aliphatic rings. The Morgan fingerprint density at radius 1 is 1.29 bits per heavy atom. The number of hydrogen-bond acceptors (Lipinski definition) is 5. The van der Waals surface area contributed by atoms with Gasteiger partial charge in [-0.05, 0) is 55.9 Å². The van der Waals surface area contributed by atoms with Gasteiger partial charge in [0.15, 0.2) is 0 Å². The topological polar surface area (TPSA) is 93.5 Å². The minimum atomic E-state index is -3.53. The molecule has 1 fully saturated rings. The van der Waals surface area contributed by atoms with E-state index in [1.165, 1.54) is 12.8 Å². The van der Waals surface area contributed by atoms with Gasteiger partial charge in [0.2, 0.25) is 10.0 Å². The zero-order valence-corrected chi connectivity index (χ0v) is 13.3. The molecule has 0 spiro atoms. The largest absolute Gasteiger partial charge is 0.380 e. The van der Waals surface area contributed by atoms with E-state index in [1.807, 2.05) is 0 Å². The van der Waals surface area contributed by atoms with Crippen LogP contribution in [0.3, 0.4) is 0 Å². The first-order chi connectivity index (χ1) is 9.94. The molecule has 0 aromatic heterocycles. The summed E-state index contributed by atoms with van der Waals surface area (Å²) in [5.74, 6) is 6.04. The van der Waals surface area contributed by atoms with Gasteiger partial charge in [-0.25, -0.2) is 13.1 Å². The highest BCUT2D eigenvalue weighted by atomic mass is 32.2. The number of nitrogen functional groups attached to an aromatic ring is 1. The Hall–Kier alpha value is -1.15. The number of sulfonamides is 1. The van der Waals surface area contributed by atoms with Gasteiger partial charge in [0, 0.05) is 18.8 Å². The van der Waals surface area contributed by atoms with Crippen LogP contribution >= 0.6 is 0 Å². The van der Waals surface area contributed by atoms with Crippen molar-refractivity contribution in [1.82, 2.24) is 4.72 Å². The summed E-state index contributed by atoms with van der Waals surface area (Å²) in [6, 6.07) is 3.43. The molecule has 21 heavy (non-hydrogen) atoms. The Morgan fingerprint density at radius 3 is 2.43 bits per heavy atom. The van der Waals surface area contributed by atoms with Crippen molar-refractivity contribution in [1.29, 1.82) is 0 Å². The van der Waals surface area contributed by atoms with Crippen molar-refractivity contribution >= 4 is 15.7 Å². The average molecular weight is 313 g/mol. The second-order valence-electron chi connectivity index (χ2n) is 5.50. The van der Waals surface area contributed by atoms with Crippen LogP contribution in [0, 0.1) is 19.8 Å². The summed E-state index contributed by atoms with van der Waals surface area (Å²) in [5.41, 5.74) is 4.54. The van der Waals surface area contributed by atoms with E-state index in [9.17, 15) is 8.42 Å². The molecule has 0 amide bonds. The van der Waals surface area contributed by atoms with Gasteiger partial charge < -0.3 is 10.2 Å². The number of rotatable bonds is 8. The molecule has 0 saturated heterocycles. The zero-order valence-electron chi connectivity index (χ0n) is 12.5. The SMILES string of the molecule is Cc1cc(NN)cc(C)c1S(=O)(=O)NCCOCC1CC1. The number of ether oxygens (including phenoxy) is 1. The van der Waals surface area contributed by atoms with Crippen molar-refractivity contribution in [2.45, 2.75) is 31.6 Å². The first-order valence-corrected chi connectivity index (χ1v) is 8.57. The Kier molecular flexibility index (Phi) is 5.21.